The molecule has 0 heterocycles. The minimum absolute atomic E-state index is 0.360. The van der Waals surface area contributed by atoms with Gasteiger partial charge in [0, 0.05) is 12.0 Å². The normalized spacial score (nSPS) is 33.4. The standard InChI is InChI=1S/C21H27NO2/c1-22(2)14-20(21(24)9-5-6-10-21)13-18-11-16-7-3-4-8-17(16)12-19(18,20)15-23/h3-4,7-8,11,15,24H,5-6,9-10,12-14H2,1-2H3. The minimum Gasteiger partial charge on any atom is -0.389 e. The lowest BCUT2D eigenvalue weighted by atomic mass is 9.38. The lowest BCUT2D eigenvalue weighted by molar-refractivity contribution is -0.185. The molecule has 2 saturated carbocycles. The highest BCUT2D eigenvalue weighted by Crippen LogP contribution is 2.70. The van der Waals surface area contributed by atoms with E-state index in [-0.39, 0.29) is 5.41 Å². The third-order valence-corrected chi connectivity index (χ3v) is 6.88. The first kappa shape index (κ1) is 16.0. The van der Waals surface area contributed by atoms with Crippen LogP contribution in [0.4, 0.5) is 0 Å². The van der Waals surface area contributed by atoms with Crippen LogP contribution in [-0.2, 0) is 11.2 Å². The van der Waals surface area contributed by atoms with Crippen LogP contribution in [0.3, 0.4) is 0 Å². The zero-order valence-electron chi connectivity index (χ0n) is 14.7. The molecule has 0 saturated heterocycles. The molecule has 1 aromatic carbocycles. The van der Waals surface area contributed by atoms with E-state index in [0.717, 1.165) is 51.4 Å². The van der Waals surface area contributed by atoms with Gasteiger partial charge in [-0.1, -0.05) is 48.8 Å². The summed E-state index contributed by atoms with van der Waals surface area (Å²) in [6, 6.07) is 8.37. The van der Waals surface area contributed by atoms with Gasteiger partial charge in [-0.2, -0.15) is 0 Å². The maximum atomic E-state index is 12.5. The molecule has 3 nitrogen and oxygen atoms in total. The van der Waals surface area contributed by atoms with E-state index in [1.807, 2.05) is 6.07 Å². The van der Waals surface area contributed by atoms with Gasteiger partial charge in [0.25, 0.3) is 0 Å². The Morgan fingerprint density at radius 3 is 2.54 bits per heavy atom. The number of benzene rings is 1. The largest absolute Gasteiger partial charge is 0.389 e. The number of fused-ring (bicyclic) bond motifs is 2. The van der Waals surface area contributed by atoms with Gasteiger partial charge in [-0.3, -0.25) is 0 Å². The summed E-state index contributed by atoms with van der Waals surface area (Å²) in [4.78, 5) is 14.6. The van der Waals surface area contributed by atoms with E-state index >= 15 is 0 Å². The molecule has 2 unspecified atom stereocenters. The van der Waals surface area contributed by atoms with Crippen LogP contribution < -0.4 is 0 Å². The van der Waals surface area contributed by atoms with Gasteiger partial charge in [0.15, 0.2) is 0 Å². The molecule has 0 amide bonds. The van der Waals surface area contributed by atoms with Crippen LogP contribution in [0, 0.1) is 10.8 Å². The fourth-order valence-corrected chi connectivity index (χ4v) is 5.76. The lowest BCUT2D eigenvalue weighted by Crippen LogP contribution is -2.70. The molecule has 128 valence electrons. The van der Waals surface area contributed by atoms with E-state index in [9.17, 15) is 9.90 Å². The second-order valence-corrected chi connectivity index (χ2v) is 8.37. The number of carbonyl (C=O) groups excluding carboxylic acids is 1. The van der Waals surface area contributed by atoms with Crippen molar-refractivity contribution in [2.24, 2.45) is 10.8 Å². The van der Waals surface area contributed by atoms with Crippen molar-refractivity contribution >= 4 is 12.4 Å². The van der Waals surface area contributed by atoms with Crippen molar-refractivity contribution in [2.45, 2.75) is 44.1 Å². The van der Waals surface area contributed by atoms with Crippen molar-refractivity contribution in [3.63, 3.8) is 0 Å². The summed E-state index contributed by atoms with van der Waals surface area (Å²) in [6.07, 6.45) is 8.73. The van der Waals surface area contributed by atoms with Gasteiger partial charge in [0.2, 0.25) is 0 Å². The topological polar surface area (TPSA) is 40.5 Å². The molecule has 3 aliphatic carbocycles. The van der Waals surface area contributed by atoms with Gasteiger partial charge in [0.05, 0.1) is 11.0 Å². The van der Waals surface area contributed by atoms with E-state index in [1.165, 1.54) is 16.7 Å². The number of aldehydes is 1. The molecule has 4 rings (SSSR count). The van der Waals surface area contributed by atoms with Crippen molar-refractivity contribution in [3.8, 4) is 0 Å². The number of allylic oxidation sites excluding steroid dienone is 1. The molecule has 3 heteroatoms. The minimum atomic E-state index is -0.720. The summed E-state index contributed by atoms with van der Waals surface area (Å²) in [5.41, 5.74) is 2.08. The molecule has 0 bridgehead atoms. The summed E-state index contributed by atoms with van der Waals surface area (Å²) < 4.78 is 0. The van der Waals surface area contributed by atoms with E-state index in [1.54, 1.807) is 0 Å². The van der Waals surface area contributed by atoms with Crippen LogP contribution in [0.15, 0.2) is 29.8 Å². The molecule has 0 aromatic heterocycles. The van der Waals surface area contributed by atoms with Gasteiger partial charge >= 0.3 is 0 Å². The van der Waals surface area contributed by atoms with E-state index in [4.69, 9.17) is 0 Å². The average Bonchev–Trinajstić information content (AvgIpc) is 2.99. The number of aliphatic hydroxyl groups is 1. The maximum Gasteiger partial charge on any atom is 0.131 e. The third kappa shape index (κ3) is 1.89. The predicted octanol–water partition coefficient (Wildman–Crippen LogP) is 3.07. The second-order valence-electron chi connectivity index (χ2n) is 8.37. The Hall–Kier alpha value is -1.45. The molecule has 0 aliphatic heterocycles. The highest BCUT2D eigenvalue weighted by molar-refractivity contribution is 5.80. The number of hydrogen-bond donors (Lipinski definition) is 1. The molecule has 2 atom stereocenters. The van der Waals surface area contributed by atoms with E-state index in [0.29, 0.717) is 0 Å². The molecular weight excluding hydrogens is 298 g/mol. The second kappa shape index (κ2) is 5.27. The molecule has 0 spiro atoms. The summed E-state index contributed by atoms with van der Waals surface area (Å²) >= 11 is 0. The Bertz CT molecular complexity index is 702. The fourth-order valence-electron chi connectivity index (χ4n) is 5.76. The smallest absolute Gasteiger partial charge is 0.131 e. The Morgan fingerprint density at radius 2 is 1.88 bits per heavy atom. The summed E-state index contributed by atoms with van der Waals surface area (Å²) in [7, 11) is 4.11. The number of hydrogen-bond acceptors (Lipinski definition) is 3. The van der Waals surface area contributed by atoms with Gasteiger partial charge in [0.1, 0.15) is 6.29 Å². The summed E-state index contributed by atoms with van der Waals surface area (Å²) in [5.74, 6) is 0. The number of rotatable bonds is 4. The number of carbonyl (C=O) groups is 1. The molecule has 1 N–H and O–H groups in total. The zero-order valence-corrected chi connectivity index (χ0v) is 14.7. The van der Waals surface area contributed by atoms with Crippen LogP contribution in [0.2, 0.25) is 0 Å². The first-order chi connectivity index (χ1) is 11.5. The van der Waals surface area contributed by atoms with Gasteiger partial charge in [-0.25, -0.2) is 0 Å². The molecule has 0 radical (unpaired) electrons. The SMILES string of the molecule is CN(C)CC1(C2(O)CCCC2)CC2=Cc3ccccc3CC21C=O. The average molecular weight is 325 g/mol. The van der Waals surface area contributed by atoms with Crippen LogP contribution in [-0.4, -0.2) is 42.5 Å². The molecule has 24 heavy (non-hydrogen) atoms. The van der Waals surface area contributed by atoms with Crippen molar-refractivity contribution in [3.05, 3.63) is 41.0 Å². The molecule has 3 aliphatic rings. The fraction of sp³-hybridized carbons (Fsp3) is 0.571. The van der Waals surface area contributed by atoms with Crippen molar-refractivity contribution < 1.29 is 9.90 Å². The van der Waals surface area contributed by atoms with Crippen LogP contribution >= 0.6 is 0 Å². The van der Waals surface area contributed by atoms with E-state index < -0.39 is 11.0 Å². The summed E-state index contributed by atoms with van der Waals surface area (Å²) in [6.45, 7) is 0.766. The van der Waals surface area contributed by atoms with E-state index in [2.05, 4.69) is 43.3 Å². The number of nitrogens with zero attached hydrogens (tertiary/aromatic N) is 1. The Morgan fingerprint density at radius 1 is 1.17 bits per heavy atom. The monoisotopic (exact) mass is 325 g/mol. The molecular formula is C21H27NO2. The Balaban J connectivity index is 1.84. The first-order valence-electron chi connectivity index (χ1n) is 9.09. The van der Waals surface area contributed by atoms with Crippen LogP contribution in [0.25, 0.3) is 6.08 Å². The lowest BCUT2D eigenvalue weighted by Gasteiger charge is -2.66. The predicted molar refractivity (Wildman–Crippen MR) is 95.6 cm³/mol. The van der Waals surface area contributed by atoms with Crippen molar-refractivity contribution in [1.82, 2.24) is 4.90 Å². The highest BCUT2D eigenvalue weighted by atomic mass is 16.3. The first-order valence-corrected chi connectivity index (χ1v) is 9.09. The highest BCUT2D eigenvalue weighted by Gasteiger charge is 2.71. The van der Waals surface area contributed by atoms with Crippen LogP contribution in [0.1, 0.15) is 43.2 Å². The summed E-state index contributed by atoms with van der Waals surface area (Å²) in [5, 5.41) is 11.6. The van der Waals surface area contributed by atoms with Crippen molar-refractivity contribution in [2.75, 3.05) is 20.6 Å². The van der Waals surface area contributed by atoms with Gasteiger partial charge < -0.3 is 14.8 Å². The van der Waals surface area contributed by atoms with Gasteiger partial charge in [-0.05, 0) is 50.9 Å². The molecule has 1 aromatic rings. The Kier molecular flexibility index (Phi) is 3.52. The molecule has 2 fully saturated rings. The van der Waals surface area contributed by atoms with Crippen molar-refractivity contribution in [1.29, 1.82) is 0 Å². The maximum absolute atomic E-state index is 12.5. The van der Waals surface area contributed by atoms with Crippen LogP contribution in [0.5, 0.6) is 0 Å². The van der Waals surface area contributed by atoms with Gasteiger partial charge in [-0.15, -0.1) is 0 Å². The quantitative estimate of drug-likeness (QED) is 0.865. The zero-order chi connectivity index (χ0) is 17.0. The third-order valence-electron chi connectivity index (χ3n) is 6.88. The Labute approximate surface area is 144 Å².